The first-order valence-corrected chi connectivity index (χ1v) is 10.1. The molecule has 3 rings (SSSR count). The molecule has 1 amide bonds. The molecule has 0 bridgehead atoms. The first-order chi connectivity index (χ1) is 15.0. The number of morpholine rings is 1. The molecule has 2 aromatic rings. The SMILES string of the molecule is C#Cc1cccc(OCC2CN(C(=O)/C=C/c3ccc(OC)c(OC)c3Cl)CCO2)c1. The van der Waals surface area contributed by atoms with Crippen LogP contribution in [0.25, 0.3) is 6.08 Å². The zero-order chi connectivity index (χ0) is 22.2. The molecular formula is C24H24ClNO5. The Morgan fingerprint density at radius 3 is 2.90 bits per heavy atom. The molecule has 1 heterocycles. The van der Waals surface area contributed by atoms with E-state index in [1.54, 1.807) is 29.2 Å². The van der Waals surface area contributed by atoms with Gasteiger partial charge in [-0.1, -0.05) is 23.6 Å². The quantitative estimate of drug-likeness (QED) is 0.485. The van der Waals surface area contributed by atoms with Crippen molar-refractivity contribution in [1.82, 2.24) is 4.90 Å². The highest BCUT2D eigenvalue weighted by atomic mass is 35.5. The third kappa shape index (κ3) is 5.72. The van der Waals surface area contributed by atoms with E-state index in [0.717, 1.165) is 5.56 Å². The molecule has 0 aromatic heterocycles. The molecule has 31 heavy (non-hydrogen) atoms. The standard InChI is InChI=1S/C24H24ClNO5/c1-4-17-6-5-7-19(14-17)31-16-20-15-26(12-13-30-20)22(27)11-9-18-8-10-21(28-2)24(29-3)23(18)25/h1,5-11,14,20H,12-13,15-16H2,2-3H3/b11-9+. The van der Waals surface area contributed by atoms with Crippen molar-refractivity contribution in [1.29, 1.82) is 0 Å². The van der Waals surface area contributed by atoms with Crippen LogP contribution in [0, 0.1) is 12.3 Å². The molecule has 0 N–H and O–H groups in total. The maximum absolute atomic E-state index is 12.7. The molecular weight excluding hydrogens is 418 g/mol. The van der Waals surface area contributed by atoms with Gasteiger partial charge in [0.15, 0.2) is 11.5 Å². The average Bonchev–Trinajstić information content (AvgIpc) is 2.81. The van der Waals surface area contributed by atoms with E-state index in [1.807, 2.05) is 18.2 Å². The Hall–Kier alpha value is -3.14. The molecule has 1 fully saturated rings. The minimum atomic E-state index is -0.231. The predicted molar refractivity (Wildman–Crippen MR) is 120 cm³/mol. The van der Waals surface area contributed by atoms with E-state index in [-0.39, 0.29) is 12.0 Å². The summed E-state index contributed by atoms with van der Waals surface area (Å²) in [5.74, 6) is 4.07. The summed E-state index contributed by atoms with van der Waals surface area (Å²) >= 11 is 6.38. The fraction of sp³-hybridized carbons (Fsp3) is 0.292. The van der Waals surface area contributed by atoms with Crippen LogP contribution in [0.3, 0.4) is 0 Å². The van der Waals surface area contributed by atoms with Gasteiger partial charge < -0.3 is 23.8 Å². The van der Waals surface area contributed by atoms with Crippen LogP contribution < -0.4 is 14.2 Å². The topological polar surface area (TPSA) is 57.2 Å². The second-order valence-electron chi connectivity index (χ2n) is 6.80. The molecule has 1 aliphatic heterocycles. The third-order valence-electron chi connectivity index (χ3n) is 4.81. The summed E-state index contributed by atoms with van der Waals surface area (Å²) in [4.78, 5) is 14.4. The summed E-state index contributed by atoms with van der Waals surface area (Å²) in [7, 11) is 3.05. The molecule has 0 radical (unpaired) electrons. The lowest BCUT2D eigenvalue weighted by molar-refractivity contribution is -0.134. The van der Waals surface area contributed by atoms with E-state index in [0.29, 0.717) is 54.1 Å². The summed E-state index contributed by atoms with van der Waals surface area (Å²) < 4.78 is 22.1. The number of ether oxygens (including phenoxy) is 4. The number of carbonyl (C=O) groups is 1. The number of carbonyl (C=O) groups excluding carboxylic acids is 1. The van der Waals surface area contributed by atoms with Crippen molar-refractivity contribution in [2.75, 3.05) is 40.5 Å². The van der Waals surface area contributed by atoms with Crippen molar-refractivity contribution in [2.45, 2.75) is 6.10 Å². The summed E-state index contributed by atoms with van der Waals surface area (Å²) in [5.41, 5.74) is 1.41. The normalized spacial score (nSPS) is 16.1. The van der Waals surface area contributed by atoms with Crippen molar-refractivity contribution >= 4 is 23.6 Å². The number of nitrogens with zero attached hydrogens (tertiary/aromatic N) is 1. The number of rotatable bonds is 7. The second-order valence-corrected chi connectivity index (χ2v) is 7.18. The summed E-state index contributed by atoms with van der Waals surface area (Å²) in [6.45, 7) is 1.70. The number of benzene rings is 2. The van der Waals surface area contributed by atoms with Gasteiger partial charge in [0.25, 0.3) is 0 Å². The van der Waals surface area contributed by atoms with E-state index in [4.69, 9.17) is 37.0 Å². The molecule has 0 saturated carbocycles. The highest BCUT2D eigenvalue weighted by Gasteiger charge is 2.23. The van der Waals surface area contributed by atoms with Gasteiger partial charge in [-0.25, -0.2) is 0 Å². The van der Waals surface area contributed by atoms with Gasteiger partial charge in [0, 0.05) is 18.2 Å². The highest BCUT2D eigenvalue weighted by Crippen LogP contribution is 2.37. The van der Waals surface area contributed by atoms with E-state index < -0.39 is 0 Å². The maximum Gasteiger partial charge on any atom is 0.246 e. The van der Waals surface area contributed by atoms with Crippen LogP contribution in [0.15, 0.2) is 42.5 Å². The third-order valence-corrected chi connectivity index (χ3v) is 5.20. The average molecular weight is 442 g/mol. The Balaban J connectivity index is 1.60. The monoisotopic (exact) mass is 441 g/mol. The summed E-state index contributed by atoms with van der Waals surface area (Å²) in [5, 5.41) is 0.383. The number of halogens is 1. The fourth-order valence-electron chi connectivity index (χ4n) is 3.18. The van der Waals surface area contributed by atoms with E-state index in [1.165, 1.54) is 20.3 Å². The van der Waals surface area contributed by atoms with Crippen LogP contribution in [0.5, 0.6) is 17.2 Å². The first kappa shape index (κ1) is 22.5. The van der Waals surface area contributed by atoms with Gasteiger partial charge in [-0.15, -0.1) is 6.42 Å². The van der Waals surface area contributed by atoms with Crippen molar-refractivity contribution in [3.63, 3.8) is 0 Å². The van der Waals surface area contributed by atoms with Crippen molar-refractivity contribution in [3.05, 3.63) is 58.6 Å². The highest BCUT2D eigenvalue weighted by molar-refractivity contribution is 6.33. The predicted octanol–water partition coefficient (Wildman–Crippen LogP) is 3.66. The largest absolute Gasteiger partial charge is 0.493 e. The molecule has 1 saturated heterocycles. The molecule has 0 aliphatic carbocycles. The smallest absolute Gasteiger partial charge is 0.246 e. The van der Waals surface area contributed by atoms with Crippen LogP contribution in [0.1, 0.15) is 11.1 Å². The van der Waals surface area contributed by atoms with Gasteiger partial charge in [0.1, 0.15) is 18.5 Å². The number of methoxy groups -OCH3 is 2. The van der Waals surface area contributed by atoms with Crippen LogP contribution in [0.4, 0.5) is 0 Å². The van der Waals surface area contributed by atoms with Crippen LogP contribution in [-0.4, -0.2) is 57.4 Å². The Morgan fingerprint density at radius 2 is 2.16 bits per heavy atom. The minimum absolute atomic E-state index is 0.131. The molecule has 1 aliphatic rings. The Morgan fingerprint density at radius 1 is 1.32 bits per heavy atom. The molecule has 1 unspecified atom stereocenters. The van der Waals surface area contributed by atoms with E-state index in [9.17, 15) is 4.79 Å². The zero-order valence-corrected chi connectivity index (χ0v) is 18.2. The van der Waals surface area contributed by atoms with Crippen LogP contribution >= 0.6 is 11.6 Å². The lowest BCUT2D eigenvalue weighted by atomic mass is 10.1. The van der Waals surface area contributed by atoms with Gasteiger partial charge in [0.2, 0.25) is 5.91 Å². The lowest BCUT2D eigenvalue weighted by Gasteiger charge is -2.32. The summed E-state index contributed by atoms with van der Waals surface area (Å²) in [6.07, 6.45) is 8.34. The van der Waals surface area contributed by atoms with Gasteiger partial charge in [0.05, 0.1) is 32.4 Å². The molecule has 6 nitrogen and oxygen atoms in total. The molecule has 1 atom stereocenters. The molecule has 0 spiro atoms. The van der Waals surface area contributed by atoms with Gasteiger partial charge >= 0.3 is 0 Å². The zero-order valence-electron chi connectivity index (χ0n) is 17.5. The Kier molecular flexibility index (Phi) is 7.82. The minimum Gasteiger partial charge on any atom is -0.493 e. The number of hydrogen-bond acceptors (Lipinski definition) is 5. The number of terminal acetylenes is 1. The number of amides is 1. The molecule has 7 heteroatoms. The summed E-state index contributed by atoms with van der Waals surface area (Å²) in [6, 6.07) is 10.8. The Bertz CT molecular complexity index is 998. The fourth-order valence-corrected chi connectivity index (χ4v) is 3.48. The van der Waals surface area contributed by atoms with Crippen molar-refractivity contribution in [3.8, 4) is 29.6 Å². The lowest BCUT2D eigenvalue weighted by Crippen LogP contribution is -2.47. The van der Waals surface area contributed by atoms with Gasteiger partial charge in [-0.3, -0.25) is 4.79 Å². The molecule has 2 aromatic carbocycles. The first-order valence-electron chi connectivity index (χ1n) is 9.74. The second kappa shape index (κ2) is 10.8. The van der Waals surface area contributed by atoms with Crippen molar-refractivity contribution in [2.24, 2.45) is 0 Å². The van der Waals surface area contributed by atoms with E-state index in [2.05, 4.69) is 5.92 Å². The molecule has 162 valence electrons. The Labute approximate surface area is 187 Å². The van der Waals surface area contributed by atoms with Gasteiger partial charge in [-0.05, 0) is 42.0 Å². The van der Waals surface area contributed by atoms with Crippen molar-refractivity contribution < 1.29 is 23.7 Å². The number of hydrogen-bond donors (Lipinski definition) is 0. The van der Waals surface area contributed by atoms with Crippen LogP contribution in [0.2, 0.25) is 5.02 Å². The van der Waals surface area contributed by atoms with E-state index >= 15 is 0 Å². The van der Waals surface area contributed by atoms with Gasteiger partial charge in [-0.2, -0.15) is 0 Å². The maximum atomic E-state index is 12.7. The van der Waals surface area contributed by atoms with Crippen LogP contribution in [-0.2, 0) is 9.53 Å².